The number of alkyl halides is 3. The lowest BCUT2D eigenvalue weighted by atomic mass is 10.1. The second-order valence-electron chi connectivity index (χ2n) is 7.81. The van der Waals surface area contributed by atoms with Crippen molar-refractivity contribution >= 4 is 34.8 Å². The van der Waals surface area contributed by atoms with E-state index >= 15 is 0 Å². The molecule has 2 aliphatic heterocycles. The molecule has 4 rings (SSSR count). The molecule has 1 aromatic heterocycles. The highest BCUT2D eigenvalue weighted by molar-refractivity contribution is 8.04. The third kappa shape index (κ3) is 5.92. The van der Waals surface area contributed by atoms with Crippen molar-refractivity contribution in [3.63, 3.8) is 0 Å². The van der Waals surface area contributed by atoms with Crippen molar-refractivity contribution in [3.8, 4) is 0 Å². The first kappa shape index (κ1) is 24.9. The van der Waals surface area contributed by atoms with Gasteiger partial charge in [-0.25, -0.2) is 9.97 Å². The molecule has 0 saturated carbocycles. The summed E-state index contributed by atoms with van der Waals surface area (Å²) in [4.78, 5) is 35.1. The SMILES string of the molecule is NC(=O)/C(=C1\Nc2ccccc2S1)c1ncc(C(=O)NCCCN2CCOCC2)c(C(F)(F)F)n1. The standard InChI is InChI=1S/C22H23F3N6O3S/c23-22(24,25)17-13(20(33)27-6-3-7-31-8-10-34-11-9-31)12-28-19(30-17)16(18(26)32)21-29-14-4-1-2-5-15(14)35-21/h1-2,4-5,12,29H,3,6-11H2,(H2,26,32)(H,27,33)/b21-16-. The van der Waals surface area contributed by atoms with Crippen molar-refractivity contribution in [2.75, 3.05) is 44.7 Å². The van der Waals surface area contributed by atoms with Crippen molar-refractivity contribution in [3.05, 3.63) is 52.6 Å². The number of nitrogens with two attached hydrogens (primary N) is 1. The summed E-state index contributed by atoms with van der Waals surface area (Å²) in [5.74, 6) is -2.46. The number of amides is 2. The van der Waals surface area contributed by atoms with Gasteiger partial charge in [0, 0.05) is 30.7 Å². The van der Waals surface area contributed by atoms with Crippen LogP contribution in [0, 0.1) is 0 Å². The molecule has 1 aromatic carbocycles. The van der Waals surface area contributed by atoms with Crippen molar-refractivity contribution in [1.82, 2.24) is 20.2 Å². The molecule has 2 aromatic rings. The molecule has 35 heavy (non-hydrogen) atoms. The number of aromatic nitrogens is 2. The van der Waals surface area contributed by atoms with E-state index < -0.39 is 35.1 Å². The minimum atomic E-state index is -4.95. The number of primary amides is 1. The number of fused-ring (bicyclic) bond motifs is 1. The molecule has 0 spiro atoms. The predicted molar refractivity (Wildman–Crippen MR) is 123 cm³/mol. The molecule has 0 aliphatic carbocycles. The lowest BCUT2D eigenvalue weighted by Gasteiger charge is -2.26. The quantitative estimate of drug-likeness (QED) is 0.385. The Balaban J connectivity index is 1.54. The van der Waals surface area contributed by atoms with E-state index in [1.165, 1.54) is 0 Å². The second-order valence-corrected chi connectivity index (χ2v) is 8.86. The van der Waals surface area contributed by atoms with Crippen LogP contribution in [0.25, 0.3) is 5.57 Å². The molecular weight excluding hydrogens is 485 g/mol. The lowest BCUT2D eigenvalue weighted by Crippen LogP contribution is -2.38. The van der Waals surface area contributed by atoms with Gasteiger partial charge in [0.2, 0.25) is 0 Å². The van der Waals surface area contributed by atoms with Crippen LogP contribution in [-0.2, 0) is 15.7 Å². The number of nitrogens with zero attached hydrogens (tertiary/aromatic N) is 3. The number of rotatable bonds is 7. The number of hydrogen-bond donors (Lipinski definition) is 3. The Hall–Kier alpha value is -3.16. The van der Waals surface area contributed by atoms with E-state index in [4.69, 9.17) is 10.5 Å². The van der Waals surface area contributed by atoms with Crippen LogP contribution < -0.4 is 16.4 Å². The van der Waals surface area contributed by atoms with E-state index in [1.807, 2.05) is 0 Å². The molecule has 2 amide bonds. The zero-order valence-corrected chi connectivity index (χ0v) is 19.3. The summed E-state index contributed by atoms with van der Waals surface area (Å²) < 4.78 is 46.8. The Labute approximate surface area is 203 Å². The first-order chi connectivity index (χ1) is 16.7. The number of anilines is 1. The first-order valence-electron chi connectivity index (χ1n) is 10.8. The van der Waals surface area contributed by atoms with Gasteiger partial charge < -0.3 is 21.1 Å². The number of para-hydroxylation sites is 1. The number of ether oxygens (including phenoxy) is 1. The summed E-state index contributed by atoms with van der Waals surface area (Å²) >= 11 is 1.13. The van der Waals surface area contributed by atoms with Gasteiger partial charge in [-0.3, -0.25) is 14.5 Å². The Morgan fingerprint density at radius 3 is 2.66 bits per heavy atom. The van der Waals surface area contributed by atoms with Gasteiger partial charge in [0.25, 0.3) is 11.8 Å². The summed E-state index contributed by atoms with van der Waals surface area (Å²) in [6.07, 6.45) is -3.61. The summed E-state index contributed by atoms with van der Waals surface area (Å²) in [5.41, 5.74) is 3.70. The number of halogens is 3. The number of hydrogen-bond acceptors (Lipinski definition) is 8. The van der Waals surface area contributed by atoms with Gasteiger partial charge in [-0.2, -0.15) is 13.2 Å². The van der Waals surface area contributed by atoms with E-state index in [1.54, 1.807) is 24.3 Å². The molecule has 13 heteroatoms. The van der Waals surface area contributed by atoms with Crippen LogP contribution in [0.5, 0.6) is 0 Å². The van der Waals surface area contributed by atoms with Gasteiger partial charge in [-0.15, -0.1) is 0 Å². The smallest absolute Gasteiger partial charge is 0.379 e. The summed E-state index contributed by atoms with van der Waals surface area (Å²) in [6.45, 7) is 3.69. The normalized spacial score (nSPS) is 17.5. The van der Waals surface area contributed by atoms with Crippen LogP contribution in [0.1, 0.15) is 28.3 Å². The fourth-order valence-corrected chi connectivity index (χ4v) is 4.71. The van der Waals surface area contributed by atoms with E-state index in [9.17, 15) is 22.8 Å². The summed E-state index contributed by atoms with van der Waals surface area (Å²) in [5, 5.41) is 5.67. The molecule has 186 valence electrons. The molecule has 0 radical (unpaired) electrons. The maximum atomic E-state index is 13.8. The average molecular weight is 509 g/mol. The number of benzene rings is 1. The summed E-state index contributed by atoms with van der Waals surface area (Å²) in [7, 11) is 0. The van der Waals surface area contributed by atoms with Crippen molar-refractivity contribution in [1.29, 1.82) is 0 Å². The molecule has 0 unspecified atom stereocenters. The monoisotopic (exact) mass is 508 g/mol. The largest absolute Gasteiger partial charge is 0.434 e. The van der Waals surface area contributed by atoms with Crippen molar-refractivity contribution in [2.45, 2.75) is 17.5 Å². The molecular formula is C22H23F3N6O3S. The van der Waals surface area contributed by atoms with E-state index in [0.717, 1.165) is 35.9 Å². The average Bonchev–Trinajstić information content (AvgIpc) is 3.25. The van der Waals surface area contributed by atoms with Crippen LogP contribution in [-0.4, -0.2) is 66.1 Å². The van der Waals surface area contributed by atoms with Gasteiger partial charge in [-0.1, -0.05) is 23.9 Å². The van der Waals surface area contributed by atoms with Crippen LogP contribution in [0.4, 0.5) is 18.9 Å². The second kappa shape index (κ2) is 10.6. The third-order valence-corrected chi connectivity index (χ3v) is 6.47. The number of morpholine rings is 1. The van der Waals surface area contributed by atoms with Crippen LogP contribution in [0.15, 0.2) is 40.4 Å². The number of thioether (sulfide) groups is 1. The number of nitrogens with one attached hydrogen (secondary N) is 2. The topological polar surface area (TPSA) is 122 Å². The Morgan fingerprint density at radius 2 is 1.97 bits per heavy atom. The van der Waals surface area contributed by atoms with Crippen LogP contribution in [0.2, 0.25) is 0 Å². The fraction of sp³-hybridized carbons (Fsp3) is 0.364. The maximum absolute atomic E-state index is 13.8. The zero-order valence-electron chi connectivity index (χ0n) is 18.5. The Bertz CT molecular complexity index is 1120. The molecule has 9 nitrogen and oxygen atoms in total. The van der Waals surface area contributed by atoms with Crippen LogP contribution >= 0.6 is 11.8 Å². The highest BCUT2D eigenvalue weighted by atomic mass is 32.2. The molecule has 3 heterocycles. The fourth-order valence-electron chi connectivity index (χ4n) is 3.66. The third-order valence-electron chi connectivity index (χ3n) is 5.39. The van der Waals surface area contributed by atoms with E-state index in [-0.39, 0.29) is 17.1 Å². The maximum Gasteiger partial charge on any atom is 0.434 e. The van der Waals surface area contributed by atoms with Gasteiger partial charge in [-0.05, 0) is 25.1 Å². The molecule has 0 bridgehead atoms. The predicted octanol–water partition coefficient (Wildman–Crippen LogP) is 2.32. The Kier molecular flexibility index (Phi) is 7.57. The first-order valence-corrected chi connectivity index (χ1v) is 11.7. The minimum absolute atomic E-state index is 0.185. The molecule has 4 N–H and O–H groups in total. The minimum Gasteiger partial charge on any atom is -0.379 e. The van der Waals surface area contributed by atoms with Crippen molar-refractivity contribution in [2.24, 2.45) is 5.73 Å². The molecule has 1 saturated heterocycles. The van der Waals surface area contributed by atoms with Gasteiger partial charge >= 0.3 is 6.18 Å². The van der Waals surface area contributed by atoms with Gasteiger partial charge in [0.1, 0.15) is 5.57 Å². The highest BCUT2D eigenvalue weighted by Gasteiger charge is 2.39. The summed E-state index contributed by atoms with van der Waals surface area (Å²) in [6, 6.07) is 7.09. The molecule has 2 aliphatic rings. The molecule has 1 fully saturated rings. The van der Waals surface area contributed by atoms with E-state index in [0.29, 0.717) is 31.9 Å². The van der Waals surface area contributed by atoms with Crippen LogP contribution in [0.3, 0.4) is 0 Å². The number of carbonyl (C=O) groups excluding carboxylic acids is 2. The highest BCUT2D eigenvalue weighted by Crippen LogP contribution is 2.43. The zero-order chi connectivity index (χ0) is 25.0. The molecule has 0 atom stereocenters. The Morgan fingerprint density at radius 1 is 1.23 bits per heavy atom. The van der Waals surface area contributed by atoms with E-state index in [2.05, 4.69) is 25.5 Å². The lowest BCUT2D eigenvalue weighted by molar-refractivity contribution is -0.141. The number of carbonyl (C=O) groups is 2. The van der Waals surface area contributed by atoms with Gasteiger partial charge in [0.15, 0.2) is 11.5 Å². The van der Waals surface area contributed by atoms with Gasteiger partial charge in [0.05, 0.1) is 29.5 Å². The van der Waals surface area contributed by atoms with Crippen molar-refractivity contribution < 1.29 is 27.5 Å².